The van der Waals surface area contributed by atoms with Gasteiger partial charge in [0, 0.05) is 33.2 Å². The summed E-state index contributed by atoms with van der Waals surface area (Å²) in [5.41, 5.74) is 0.611. The van der Waals surface area contributed by atoms with Crippen molar-refractivity contribution in [2.24, 2.45) is 5.92 Å². The van der Waals surface area contributed by atoms with Gasteiger partial charge in [-0.15, -0.1) is 0 Å². The molecular weight excluding hydrogens is 342 g/mol. The molecule has 1 amide bonds. The maximum absolute atomic E-state index is 12.9. The van der Waals surface area contributed by atoms with E-state index in [1.165, 1.54) is 0 Å². The molecule has 0 saturated carbocycles. The zero-order valence-electron chi connectivity index (χ0n) is 17.1. The number of carbonyl (C=O) groups is 1. The minimum Gasteiger partial charge on any atom is -0.385 e. The average Bonchev–Trinajstić information content (AvgIpc) is 2.64. The van der Waals surface area contributed by atoms with E-state index in [0.717, 1.165) is 6.42 Å². The van der Waals surface area contributed by atoms with Gasteiger partial charge in [0.25, 0.3) is 5.56 Å². The van der Waals surface area contributed by atoms with Gasteiger partial charge >= 0.3 is 0 Å². The van der Waals surface area contributed by atoms with Crippen LogP contribution in [0, 0.1) is 5.92 Å². The van der Waals surface area contributed by atoms with Crippen molar-refractivity contribution < 1.29 is 9.53 Å². The number of ether oxygens (including phenoxy) is 1. The Kier molecular flexibility index (Phi) is 7.54. The molecule has 0 spiro atoms. The van der Waals surface area contributed by atoms with E-state index in [2.05, 4.69) is 0 Å². The van der Waals surface area contributed by atoms with Crippen LogP contribution in [0.15, 0.2) is 29.1 Å². The van der Waals surface area contributed by atoms with E-state index in [1.807, 2.05) is 50.8 Å². The van der Waals surface area contributed by atoms with Crippen molar-refractivity contribution >= 4 is 16.8 Å². The average molecular weight is 373 g/mol. The van der Waals surface area contributed by atoms with Gasteiger partial charge in [-0.1, -0.05) is 26.0 Å². The first-order valence-corrected chi connectivity index (χ1v) is 9.68. The highest BCUT2D eigenvalue weighted by Gasteiger charge is 2.26. The Bertz CT molecular complexity index is 829. The third kappa shape index (κ3) is 4.95. The molecule has 0 N–H and O–H groups in total. The van der Waals surface area contributed by atoms with E-state index in [1.54, 1.807) is 17.7 Å². The van der Waals surface area contributed by atoms with Gasteiger partial charge in [0.05, 0.1) is 16.9 Å². The number of hydrogen-bond donors (Lipinski definition) is 0. The molecule has 0 aliphatic rings. The zero-order chi connectivity index (χ0) is 20.0. The standard InChI is InChI=1S/C21H31N3O3/c1-6-23-20(22-18-11-8-7-10-17(18)21(23)26)16(4)24(12-9-13-27-5)19(25)14-15(2)3/h7-8,10-11,15-16H,6,9,12-14H2,1-5H3. The number of carbonyl (C=O) groups excluding carboxylic acids is 1. The Hall–Kier alpha value is -2.21. The minimum atomic E-state index is -0.287. The normalized spacial score (nSPS) is 12.5. The smallest absolute Gasteiger partial charge is 0.261 e. The molecule has 0 radical (unpaired) electrons. The first-order chi connectivity index (χ1) is 12.9. The van der Waals surface area contributed by atoms with Gasteiger partial charge in [-0.3, -0.25) is 14.2 Å². The number of amides is 1. The van der Waals surface area contributed by atoms with Crippen molar-refractivity contribution in [1.29, 1.82) is 0 Å². The van der Waals surface area contributed by atoms with Gasteiger partial charge in [-0.25, -0.2) is 4.98 Å². The van der Waals surface area contributed by atoms with E-state index >= 15 is 0 Å². The van der Waals surface area contributed by atoms with Crippen molar-refractivity contribution in [3.8, 4) is 0 Å². The fraction of sp³-hybridized carbons (Fsp3) is 0.571. The number of para-hydroxylation sites is 1. The van der Waals surface area contributed by atoms with Crippen molar-refractivity contribution in [2.75, 3.05) is 20.3 Å². The molecule has 0 aliphatic carbocycles. The van der Waals surface area contributed by atoms with Crippen molar-refractivity contribution in [2.45, 2.75) is 53.1 Å². The number of benzene rings is 1. The topological polar surface area (TPSA) is 64.4 Å². The summed E-state index contributed by atoms with van der Waals surface area (Å²) in [6.07, 6.45) is 1.22. The quantitative estimate of drug-likeness (QED) is 0.632. The predicted molar refractivity (Wildman–Crippen MR) is 108 cm³/mol. The molecular formula is C21H31N3O3. The van der Waals surface area contributed by atoms with Gasteiger partial charge in [0.15, 0.2) is 0 Å². The lowest BCUT2D eigenvalue weighted by Crippen LogP contribution is -2.39. The Labute approximate surface area is 161 Å². The molecule has 148 valence electrons. The lowest BCUT2D eigenvalue weighted by atomic mass is 10.1. The van der Waals surface area contributed by atoms with E-state index < -0.39 is 0 Å². The second-order valence-electron chi connectivity index (χ2n) is 7.24. The summed E-state index contributed by atoms with van der Waals surface area (Å²) in [6, 6.07) is 7.08. The maximum Gasteiger partial charge on any atom is 0.261 e. The summed E-state index contributed by atoms with van der Waals surface area (Å²) in [7, 11) is 1.66. The molecule has 1 atom stereocenters. The maximum atomic E-state index is 12.9. The van der Waals surface area contributed by atoms with Crippen LogP contribution in [0.1, 0.15) is 52.4 Å². The number of fused-ring (bicyclic) bond motifs is 1. The highest BCUT2D eigenvalue weighted by Crippen LogP contribution is 2.22. The second kappa shape index (κ2) is 9.65. The number of aromatic nitrogens is 2. The SMILES string of the molecule is CCn1c(C(C)N(CCCOC)C(=O)CC(C)C)nc2ccccc2c1=O. The van der Waals surface area contributed by atoms with Gasteiger partial charge in [-0.05, 0) is 38.3 Å². The van der Waals surface area contributed by atoms with Crippen LogP contribution >= 0.6 is 0 Å². The van der Waals surface area contributed by atoms with Crippen molar-refractivity contribution in [3.05, 3.63) is 40.4 Å². The Morgan fingerprint density at radius 2 is 1.96 bits per heavy atom. The number of hydrogen-bond acceptors (Lipinski definition) is 4. The molecule has 27 heavy (non-hydrogen) atoms. The summed E-state index contributed by atoms with van der Waals surface area (Å²) in [5.74, 6) is 0.988. The highest BCUT2D eigenvalue weighted by atomic mass is 16.5. The summed E-state index contributed by atoms with van der Waals surface area (Å²) >= 11 is 0. The van der Waals surface area contributed by atoms with Crippen molar-refractivity contribution in [1.82, 2.24) is 14.5 Å². The lowest BCUT2D eigenvalue weighted by molar-refractivity contribution is -0.134. The van der Waals surface area contributed by atoms with Crippen LogP contribution in [0.3, 0.4) is 0 Å². The molecule has 2 aromatic rings. The first kappa shape index (κ1) is 21.1. The lowest BCUT2D eigenvalue weighted by Gasteiger charge is -2.31. The molecule has 1 unspecified atom stereocenters. The van der Waals surface area contributed by atoms with Crippen LogP contribution in [0.25, 0.3) is 10.9 Å². The minimum absolute atomic E-state index is 0.0573. The molecule has 1 aromatic carbocycles. The Morgan fingerprint density at radius 3 is 2.59 bits per heavy atom. The summed E-state index contributed by atoms with van der Waals surface area (Å²) in [5, 5.41) is 0.606. The molecule has 0 fully saturated rings. The number of nitrogens with zero attached hydrogens (tertiary/aromatic N) is 3. The second-order valence-corrected chi connectivity index (χ2v) is 7.24. The fourth-order valence-electron chi connectivity index (χ4n) is 3.33. The van der Waals surface area contributed by atoms with Gasteiger partial charge < -0.3 is 9.64 Å². The molecule has 0 saturated heterocycles. The summed E-state index contributed by atoms with van der Waals surface area (Å²) in [4.78, 5) is 32.4. The van der Waals surface area contributed by atoms with E-state index in [4.69, 9.17) is 9.72 Å². The Morgan fingerprint density at radius 1 is 1.26 bits per heavy atom. The van der Waals surface area contributed by atoms with Crippen LogP contribution in [0.2, 0.25) is 0 Å². The largest absolute Gasteiger partial charge is 0.385 e. The van der Waals surface area contributed by atoms with Crippen LogP contribution in [0.4, 0.5) is 0 Å². The molecule has 6 nitrogen and oxygen atoms in total. The van der Waals surface area contributed by atoms with Gasteiger partial charge in [0.2, 0.25) is 5.91 Å². The van der Waals surface area contributed by atoms with E-state index in [9.17, 15) is 9.59 Å². The number of methoxy groups -OCH3 is 1. The van der Waals surface area contributed by atoms with E-state index in [-0.39, 0.29) is 23.4 Å². The molecule has 1 heterocycles. The fourth-order valence-corrected chi connectivity index (χ4v) is 3.33. The van der Waals surface area contributed by atoms with Gasteiger partial charge in [-0.2, -0.15) is 0 Å². The van der Waals surface area contributed by atoms with E-state index in [0.29, 0.717) is 42.8 Å². The first-order valence-electron chi connectivity index (χ1n) is 9.68. The van der Waals surface area contributed by atoms with Crippen LogP contribution in [-0.2, 0) is 16.1 Å². The molecule has 1 aromatic heterocycles. The molecule has 2 rings (SSSR count). The van der Waals surface area contributed by atoms with Gasteiger partial charge in [0.1, 0.15) is 5.82 Å². The zero-order valence-corrected chi connectivity index (χ0v) is 17.1. The third-order valence-electron chi connectivity index (χ3n) is 4.70. The summed E-state index contributed by atoms with van der Waals surface area (Å²) < 4.78 is 6.83. The number of rotatable bonds is 9. The highest BCUT2D eigenvalue weighted by molar-refractivity contribution is 5.78. The molecule has 6 heteroatoms. The van der Waals surface area contributed by atoms with Crippen LogP contribution in [-0.4, -0.2) is 40.6 Å². The van der Waals surface area contributed by atoms with Crippen LogP contribution < -0.4 is 5.56 Å². The summed E-state index contributed by atoms with van der Waals surface area (Å²) in [6.45, 7) is 9.63. The Balaban J connectivity index is 2.47. The monoisotopic (exact) mass is 373 g/mol. The molecule has 0 bridgehead atoms. The van der Waals surface area contributed by atoms with Crippen LogP contribution in [0.5, 0.6) is 0 Å². The third-order valence-corrected chi connectivity index (χ3v) is 4.70. The molecule has 0 aliphatic heterocycles. The predicted octanol–water partition coefficient (Wildman–Crippen LogP) is 3.39. The van der Waals surface area contributed by atoms with Crippen molar-refractivity contribution in [3.63, 3.8) is 0 Å².